The van der Waals surface area contributed by atoms with Gasteiger partial charge >= 0.3 is 0 Å². The van der Waals surface area contributed by atoms with Crippen molar-refractivity contribution in [2.75, 3.05) is 23.3 Å². The van der Waals surface area contributed by atoms with Crippen molar-refractivity contribution >= 4 is 46.6 Å². The third kappa shape index (κ3) is 5.66. The van der Waals surface area contributed by atoms with Gasteiger partial charge in [0, 0.05) is 46.1 Å². The Morgan fingerprint density at radius 2 is 1.66 bits per heavy atom. The van der Waals surface area contributed by atoms with Crippen LogP contribution < -0.4 is 10.2 Å². The number of nitrogens with zero attached hydrogens (tertiary/aromatic N) is 1. The summed E-state index contributed by atoms with van der Waals surface area (Å²) in [5, 5.41) is 3.92. The van der Waals surface area contributed by atoms with Crippen LogP contribution in [0.4, 0.5) is 11.4 Å². The van der Waals surface area contributed by atoms with Crippen LogP contribution in [-0.2, 0) is 4.79 Å². The molecular weight excluding hydrogens is 407 g/mol. The van der Waals surface area contributed by atoms with Gasteiger partial charge in [-0.1, -0.05) is 23.2 Å². The third-order valence-corrected chi connectivity index (χ3v) is 4.87. The maximum Gasteiger partial charge on any atom is 0.248 e. The zero-order chi connectivity index (χ0) is 20.8. The zero-order valence-corrected chi connectivity index (χ0v) is 17.8. The van der Waals surface area contributed by atoms with Gasteiger partial charge in [0.1, 0.15) is 11.5 Å². The maximum atomic E-state index is 12.2. The first-order valence-corrected chi connectivity index (χ1v) is 10.1. The number of anilines is 2. The molecule has 1 heterocycles. The molecule has 0 spiro atoms. The molecule has 0 radical (unpaired) electrons. The number of amides is 1. The lowest BCUT2D eigenvalue weighted by atomic mass is 10.2. The molecule has 150 valence electrons. The standard InChI is InChI=1S/C23H22Cl2N2O2/c1-3-27(4-2)20-7-5-19(6-8-20)26-23(28)12-10-21-9-11-22(29-21)16-13-17(24)15-18(25)14-16/h5-15H,3-4H2,1-2H3,(H,26,28)/b12-10+. The van der Waals surface area contributed by atoms with Gasteiger partial charge in [0.15, 0.2) is 0 Å². The van der Waals surface area contributed by atoms with E-state index < -0.39 is 0 Å². The van der Waals surface area contributed by atoms with Gasteiger partial charge in [-0.25, -0.2) is 0 Å². The second-order valence-corrected chi connectivity index (χ2v) is 7.27. The van der Waals surface area contributed by atoms with Crippen molar-refractivity contribution in [1.29, 1.82) is 0 Å². The van der Waals surface area contributed by atoms with Crippen LogP contribution in [0.15, 0.2) is 65.1 Å². The summed E-state index contributed by atoms with van der Waals surface area (Å²) < 4.78 is 5.76. The second-order valence-electron chi connectivity index (χ2n) is 6.40. The average molecular weight is 429 g/mol. The van der Waals surface area contributed by atoms with Gasteiger partial charge in [0.05, 0.1) is 0 Å². The number of nitrogens with one attached hydrogen (secondary N) is 1. The van der Waals surface area contributed by atoms with Crippen molar-refractivity contribution < 1.29 is 9.21 Å². The molecule has 0 saturated heterocycles. The first-order valence-electron chi connectivity index (χ1n) is 9.39. The molecule has 3 rings (SSSR count). The number of halogens is 2. The summed E-state index contributed by atoms with van der Waals surface area (Å²) in [6.07, 6.45) is 3.06. The summed E-state index contributed by atoms with van der Waals surface area (Å²) in [5.41, 5.74) is 2.65. The predicted octanol–water partition coefficient (Wildman–Crippen LogP) is 6.75. The van der Waals surface area contributed by atoms with E-state index in [1.54, 1.807) is 30.3 Å². The van der Waals surface area contributed by atoms with Gasteiger partial charge in [-0.3, -0.25) is 4.79 Å². The van der Waals surface area contributed by atoms with Crippen LogP contribution in [0.1, 0.15) is 19.6 Å². The van der Waals surface area contributed by atoms with Gasteiger partial charge in [-0.05, 0) is 74.5 Å². The van der Waals surface area contributed by atoms with Gasteiger partial charge in [-0.15, -0.1) is 0 Å². The van der Waals surface area contributed by atoms with Crippen LogP contribution in [0, 0.1) is 0 Å². The van der Waals surface area contributed by atoms with Crippen molar-refractivity contribution in [3.05, 3.63) is 76.5 Å². The second kappa shape index (κ2) is 9.68. The monoisotopic (exact) mass is 428 g/mol. The molecular formula is C23H22Cl2N2O2. The number of rotatable bonds is 7. The molecule has 0 bridgehead atoms. The highest BCUT2D eigenvalue weighted by molar-refractivity contribution is 6.35. The quantitative estimate of drug-likeness (QED) is 0.423. The molecule has 0 aliphatic rings. The summed E-state index contributed by atoms with van der Waals surface area (Å²) in [6, 6.07) is 16.6. The molecule has 3 aromatic rings. The molecule has 0 unspecified atom stereocenters. The zero-order valence-electron chi connectivity index (χ0n) is 16.3. The van der Waals surface area contributed by atoms with Crippen molar-refractivity contribution in [3.63, 3.8) is 0 Å². The Morgan fingerprint density at radius 1 is 1.00 bits per heavy atom. The Morgan fingerprint density at radius 3 is 2.28 bits per heavy atom. The fraction of sp³-hybridized carbons (Fsp3) is 0.174. The first kappa shape index (κ1) is 21.0. The van der Waals surface area contributed by atoms with Crippen molar-refractivity contribution in [2.24, 2.45) is 0 Å². The summed E-state index contributed by atoms with van der Waals surface area (Å²) in [4.78, 5) is 14.4. The minimum atomic E-state index is -0.232. The molecule has 2 aromatic carbocycles. The molecule has 1 N–H and O–H groups in total. The number of carbonyl (C=O) groups excluding carboxylic acids is 1. The highest BCUT2D eigenvalue weighted by atomic mass is 35.5. The summed E-state index contributed by atoms with van der Waals surface area (Å²) in [6.45, 7) is 6.12. The Kier molecular flexibility index (Phi) is 7.02. The molecule has 0 aliphatic carbocycles. The lowest BCUT2D eigenvalue weighted by molar-refractivity contribution is -0.111. The van der Waals surface area contributed by atoms with Crippen molar-refractivity contribution in [2.45, 2.75) is 13.8 Å². The third-order valence-electron chi connectivity index (χ3n) is 4.44. The largest absolute Gasteiger partial charge is 0.457 e. The first-order chi connectivity index (χ1) is 14.0. The molecule has 4 nitrogen and oxygen atoms in total. The van der Waals surface area contributed by atoms with Crippen LogP contribution >= 0.6 is 23.2 Å². The summed E-state index contributed by atoms with van der Waals surface area (Å²) in [7, 11) is 0. The van der Waals surface area contributed by atoms with Crippen LogP contribution in [0.3, 0.4) is 0 Å². The highest BCUT2D eigenvalue weighted by Crippen LogP contribution is 2.29. The van der Waals surface area contributed by atoms with Gasteiger partial charge in [0.2, 0.25) is 5.91 Å². The SMILES string of the molecule is CCN(CC)c1ccc(NC(=O)/C=C/c2ccc(-c3cc(Cl)cc(Cl)c3)o2)cc1. The van der Waals surface area contributed by atoms with Gasteiger partial charge < -0.3 is 14.6 Å². The lowest BCUT2D eigenvalue weighted by Gasteiger charge is -2.21. The molecule has 0 fully saturated rings. The van der Waals surface area contributed by atoms with E-state index in [-0.39, 0.29) is 5.91 Å². The fourth-order valence-corrected chi connectivity index (χ4v) is 3.51. The molecule has 1 amide bonds. The Hall–Kier alpha value is -2.69. The Bertz CT molecular complexity index is 986. The minimum Gasteiger partial charge on any atom is -0.457 e. The van der Waals surface area contributed by atoms with E-state index in [0.717, 1.165) is 30.0 Å². The highest BCUT2D eigenvalue weighted by Gasteiger charge is 2.07. The van der Waals surface area contributed by atoms with E-state index in [9.17, 15) is 4.79 Å². The molecule has 0 aliphatic heterocycles. The summed E-state index contributed by atoms with van der Waals surface area (Å²) >= 11 is 12.1. The number of benzene rings is 2. The van der Waals surface area contributed by atoms with Crippen LogP contribution in [0.5, 0.6) is 0 Å². The topological polar surface area (TPSA) is 45.5 Å². The number of hydrogen-bond donors (Lipinski definition) is 1. The number of furan rings is 1. The lowest BCUT2D eigenvalue weighted by Crippen LogP contribution is -2.21. The minimum absolute atomic E-state index is 0.232. The van der Waals surface area contributed by atoms with Crippen LogP contribution in [-0.4, -0.2) is 19.0 Å². The number of carbonyl (C=O) groups is 1. The molecule has 6 heteroatoms. The smallest absolute Gasteiger partial charge is 0.248 e. The molecule has 29 heavy (non-hydrogen) atoms. The maximum absolute atomic E-state index is 12.2. The van der Waals surface area contributed by atoms with Crippen LogP contribution in [0.25, 0.3) is 17.4 Å². The van der Waals surface area contributed by atoms with Crippen molar-refractivity contribution in [1.82, 2.24) is 0 Å². The molecule has 0 atom stereocenters. The van der Waals surface area contributed by atoms with E-state index in [2.05, 4.69) is 24.1 Å². The van der Waals surface area contributed by atoms with E-state index in [1.807, 2.05) is 30.3 Å². The molecule has 0 saturated carbocycles. The predicted molar refractivity (Wildman–Crippen MR) is 122 cm³/mol. The van der Waals surface area contributed by atoms with E-state index >= 15 is 0 Å². The summed E-state index contributed by atoms with van der Waals surface area (Å²) in [5.74, 6) is 0.953. The normalized spacial score (nSPS) is 11.0. The van der Waals surface area contributed by atoms with Gasteiger partial charge in [-0.2, -0.15) is 0 Å². The van der Waals surface area contributed by atoms with E-state index in [4.69, 9.17) is 27.6 Å². The van der Waals surface area contributed by atoms with Crippen LogP contribution in [0.2, 0.25) is 10.0 Å². The van der Waals surface area contributed by atoms with Crippen molar-refractivity contribution in [3.8, 4) is 11.3 Å². The Labute approximate surface area is 180 Å². The van der Waals surface area contributed by atoms with E-state index in [1.165, 1.54) is 6.08 Å². The number of hydrogen-bond acceptors (Lipinski definition) is 3. The van der Waals surface area contributed by atoms with Gasteiger partial charge in [0.25, 0.3) is 0 Å². The Balaban J connectivity index is 1.63. The average Bonchev–Trinajstić information content (AvgIpc) is 3.17. The van der Waals surface area contributed by atoms with E-state index in [0.29, 0.717) is 21.6 Å². The molecule has 1 aromatic heterocycles. The fourth-order valence-electron chi connectivity index (χ4n) is 2.98.